The number of carbonyl (C=O) groups excluding carboxylic acids is 1. The van der Waals surface area contributed by atoms with Crippen LogP contribution in [-0.2, 0) is 14.1 Å². The fraction of sp³-hybridized carbons (Fsp3) is 0.750. The van der Waals surface area contributed by atoms with Gasteiger partial charge in [-0.15, -0.1) is 0 Å². The Morgan fingerprint density at radius 2 is 1.69 bits per heavy atom. The molecule has 194 valence electrons. The van der Waals surface area contributed by atoms with Gasteiger partial charge in [-0.3, -0.25) is 4.79 Å². The van der Waals surface area contributed by atoms with Gasteiger partial charge in [-0.05, 0) is 78.2 Å². The lowest BCUT2D eigenvalue weighted by Gasteiger charge is -2.43. The monoisotopic (exact) mass is 492 g/mol. The number of anilines is 1. The van der Waals surface area contributed by atoms with Gasteiger partial charge in [-0.2, -0.15) is 5.26 Å². The minimum absolute atomic E-state index is 0.238. The van der Waals surface area contributed by atoms with Crippen molar-refractivity contribution < 1.29 is 14.1 Å². The molecule has 1 aromatic heterocycles. The second-order valence-corrected chi connectivity index (χ2v) is 12.0. The van der Waals surface area contributed by atoms with E-state index in [-0.39, 0.29) is 12.0 Å². The van der Waals surface area contributed by atoms with Gasteiger partial charge in [0.15, 0.2) is 0 Å². The lowest BCUT2D eigenvalue weighted by atomic mass is 9.76. The van der Waals surface area contributed by atoms with E-state index >= 15 is 0 Å². The van der Waals surface area contributed by atoms with E-state index in [0.29, 0.717) is 23.3 Å². The van der Waals surface area contributed by atoms with E-state index in [1.807, 2.05) is 19.9 Å². The highest BCUT2D eigenvalue weighted by atomic mass is 16.7. The number of rotatable bonds is 5. The highest BCUT2D eigenvalue weighted by Crippen LogP contribution is 2.43. The van der Waals surface area contributed by atoms with Crippen LogP contribution in [0.2, 0.25) is 0 Å². The first kappa shape index (κ1) is 25.5. The maximum Gasteiger partial charge on any atom is 0.496 e. The summed E-state index contributed by atoms with van der Waals surface area (Å²) in [6, 6.07) is 4.61. The number of nitrogens with zero attached hydrogens (tertiary/aromatic N) is 4. The van der Waals surface area contributed by atoms with E-state index in [2.05, 4.69) is 43.6 Å². The molecule has 2 aliphatic heterocycles. The van der Waals surface area contributed by atoms with Crippen molar-refractivity contribution in [2.24, 2.45) is 11.8 Å². The molecular weight excluding hydrogens is 451 g/mol. The molecule has 1 atom stereocenters. The average Bonchev–Trinajstić information content (AvgIpc) is 3.73. The SMILES string of the molecule is CC.CC1(C)OB(c2cc(C#N)c(N3CCN(C(=O)C4CC4)C(C4CC4)C3)nc2C2CC2)OC1(C)C. The summed E-state index contributed by atoms with van der Waals surface area (Å²) < 4.78 is 12.7. The Bertz CT molecular complexity index is 1040. The summed E-state index contributed by atoms with van der Waals surface area (Å²) in [5, 5.41) is 10.1. The predicted molar refractivity (Wildman–Crippen MR) is 141 cm³/mol. The largest absolute Gasteiger partial charge is 0.496 e. The van der Waals surface area contributed by atoms with Crippen LogP contribution in [-0.4, -0.2) is 59.8 Å². The van der Waals surface area contributed by atoms with Crippen LogP contribution in [0.15, 0.2) is 6.07 Å². The lowest BCUT2D eigenvalue weighted by molar-refractivity contribution is -0.135. The van der Waals surface area contributed by atoms with Crippen molar-refractivity contribution in [2.45, 2.75) is 103 Å². The topological polar surface area (TPSA) is 78.7 Å². The molecule has 3 heterocycles. The van der Waals surface area contributed by atoms with Crippen LogP contribution >= 0.6 is 0 Å². The Labute approximate surface area is 216 Å². The fourth-order valence-electron chi connectivity index (χ4n) is 5.42. The summed E-state index contributed by atoms with van der Waals surface area (Å²) in [6.45, 7) is 14.4. The fourth-order valence-corrected chi connectivity index (χ4v) is 5.42. The average molecular weight is 492 g/mol. The molecule has 3 saturated carbocycles. The van der Waals surface area contributed by atoms with E-state index in [1.165, 1.54) is 12.8 Å². The molecule has 7 nitrogen and oxygen atoms in total. The third kappa shape index (κ3) is 4.65. The van der Waals surface area contributed by atoms with Crippen molar-refractivity contribution in [3.8, 4) is 6.07 Å². The molecule has 1 aromatic rings. The second-order valence-electron chi connectivity index (χ2n) is 12.0. The Morgan fingerprint density at radius 3 is 2.22 bits per heavy atom. The third-order valence-corrected chi connectivity index (χ3v) is 8.75. The Hall–Kier alpha value is -2.11. The van der Waals surface area contributed by atoms with Crippen molar-refractivity contribution in [3.05, 3.63) is 17.3 Å². The van der Waals surface area contributed by atoms with Gasteiger partial charge in [0.05, 0.1) is 22.8 Å². The van der Waals surface area contributed by atoms with E-state index in [0.717, 1.165) is 62.3 Å². The molecule has 1 amide bonds. The number of carbonyl (C=O) groups is 1. The molecule has 5 fully saturated rings. The van der Waals surface area contributed by atoms with Gasteiger partial charge >= 0.3 is 7.12 Å². The molecular formula is C28H41BN4O3. The number of aromatic nitrogens is 1. The Morgan fingerprint density at radius 1 is 1.06 bits per heavy atom. The molecule has 1 unspecified atom stereocenters. The van der Waals surface area contributed by atoms with Gasteiger partial charge in [-0.25, -0.2) is 4.98 Å². The van der Waals surface area contributed by atoms with Crippen molar-refractivity contribution in [1.82, 2.24) is 9.88 Å². The van der Waals surface area contributed by atoms with E-state index < -0.39 is 18.3 Å². The van der Waals surface area contributed by atoms with Gasteiger partial charge in [0.25, 0.3) is 0 Å². The molecule has 36 heavy (non-hydrogen) atoms. The summed E-state index contributed by atoms with van der Waals surface area (Å²) >= 11 is 0. The molecule has 5 aliphatic rings. The number of nitriles is 1. The number of pyridine rings is 1. The summed E-state index contributed by atoms with van der Waals surface area (Å²) in [5.74, 6) is 2.36. The second kappa shape index (κ2) is 9.33. The van der Waals surface area contributed by atoms with Crippen molar-refractivity contribution in [3.63, 3.8) is 0 Å². The molecule has 0 bridgehead atoms. The zero-order chi connectivity index (χ0) is 25.8. The van der Waals surface area contributed by atoms with Crippen LogP contribution in [0.25, 0.3) is 0 Å². The smallest absolute Gasteiger partial charge is 0.399 e. The minimum atomic E-state index is -0.513. The highest BCUT2D eigenvalue weighted by molar-refractivity contribution is 6.62. The van der Waals surface area contributed by atoms with E-state index in [9.17, 15) is 10.1 Å². The summed E-state index contributed by atoms with van der Waals surface area (Å²) in [7, 11) is -0.513. The van der Waals surface area contributed by atoms with Crippen molar-refractivity contribution in [1.29, 1.82) is 5.26 Å². The zero-order valence-corrected chi connectivity index (χ0v) is 22.8. The number of amides is 1. The molecule has 8 heteroatoms. The summed E-state index contributed by atoms with van der Waals surface area (Å²) in [4.78, 5) is 22.5. The highest BCUT2D eigenvalue weighted by Gasteiger charge is 2.53. The molecule has 6 rings (SSSR count). The van der Waals surface area contributed by atoms with Crippen LogP contribution in [0.5, 0.6) is 0 Å². The van der Waals surface area contributed by atoms with Crippen LogP contribution in [0.3, 0.4) is 0 Å². The van der Waals surface area contributed by atoms with Gasteiger partial charge in [-0.1, -0.05) is 13.8 Å². The lowest BCUT2D eigenvalue weighted by Crippen LogP contribution is -2.57. The van der Waals surface area contributed by atoms with Crippen LogP contribution in [0.1, 0.15) is 97.2 Å². The predicted octanol–water partition coefficient (Wildman–Crippen LogP) is 3.99. The molecule has 0 radical (unpaired) electrons. The molecule has 2 saturated heterocycles. The first-order chi connectivity index (χ1) is 17.2. The van der Waals surface area contributed by atoms with Gasteiger partial charge < -0.3 is 19.1 Å². The molecule has 0 spiro atoms. The quantitative estimate of drug-likeness (QED) is 0.579. The maximum absolute atomic E-state index is 12.9. The van der Waals surface area contributed by atoms with E-state index in [4.69, 9.17) is 14.3 Å². The Balaban J connectivity index is 0.00000130. The first-order valence-electron chi connectivity index (χ1n) is 14.0. The molecule has 3 aliphatic carbocycles. The van der Waals surface area contributed by atoms with Crippen LogP contribution in [0.4, 0.5) is 5.82 Å². The standard InChI is InChI=1S/C26H35BN4O3.C2H6/c1-25(2)26(3,4)34-27(33-25)20-13-19(14-28)23(29-22(20)17-7-8-17)30-11-12-31(24(32)18-9-10-18)21(15-30)16-5-6-16;1-2/h13,16-18,21H,5-12,15H2,1-4H3;1-2H3. The van der Waals surface area contributed by atoms with Gasteiger partial charge in [0.1, 0.15) is 11.9 Å². The normalized spacial score (nSPS) is 26.8. The van der Waals surface area contributed by atoms with Gasteiger partial charge in [0, 0.05) is 42.6 Å². The third-order valence-electron chi connectivity index (χ3n) is 8.75. The molecule has 0 aromatic carbocycles. The summed E-state index contributed by atoms with van der Waals surface area (Å²) in [5.41, 5.74) is 1.62. The van der Waals surface area contributed by atoms with E-state index in [1.54, 1.807) is 0 Å². The van der Waals surface area contributed by atoms with Crippen LogP contribution in [0, 0.1) is 23.2 Å². The molecule has 0 N–H and O–H groups in total. The van der Waals surface area contributed by atoms with Crippen molar-refractivity contribution >= 4 is 24.3 Å². The minimum Gasteiger partial charge on any atom is -0.399 e. The number of hydrogen-bond donors (Lipinski definition) is 0. The first-order valence-corrected chi connectivity index (χ1v) is 14.0. The zero-order valence-electron chi connectivity index (χ0n) is 22.8. The summed E-state index contributed by atoms with van der Waals surface area (Å²) in [6.07, 6.45) is 6.70. The van der Waals surface area contributed by atoms with Crippen LogP contribution < -0.4 is 10.4 Å². The van der Waals surface area contributed by atoms with Gasteiger partial charge in [0.2, 0.25) is 5.91 Å². The van der Waals surface area contributed by atoms with Crippen molar-refractivity contribution in [2.75, 3.05) is 24.5 Å². The maximum atomic E-state index is 12.9. The number of hydrogen-bond acceptors (Lipinski definition) is 6. The Kier molecular flexibility index (Phi) is 6.62. The number of piperazine rings is 1.